The van der Waals surface area contributed by atoms with Crippen LogP contribution in [0.25, 0.3) is 0 Å². The molecule has 10 heteroatoms. The van der Waals surface area contributed by atoms with E-state index in [4.69, 9.17) is 9.47 Å². The van der Waals surface area contributed by atoms with E-state index in [2.05, 4.69) is 20.3 Å². The SMILES string of the molecule is CO[C@@H]1CCC[C@H]1[C@H]1COCCN1Cc1nnn(CC(F)(F)F)n1. The van der Waals surface area contributed by atoms with Gasteiger partial charge in [-0.2, -0.15) is 18.0 Å². The van der Waals surface area contributed by atoms with Crippen molar-refractivity contribution >= 4 is 0 Å². The van der Waals surface area contributed by atoms with Gasteiger partial charge in [-0.15, -0.1) is 10.2 Å². The van der Waals surface area contributed by atoms with Crippen molar-refractivity contribution < 1.29 is 22.6 Å². The number of nitrogens with zero attached hydrogens (tertiary/aromatic N) is 5. The number of ether oxygens (including phenoxy) is 2. The first-order chi connectivity index (χ1) is 11.5. The molecule has 2 heterocycles. The smallest absolute Gasteiger partial charge is 0.381 e. The van der Waals surface area contributed by atoms with Gasteiger partial charge in [-0.05, 0) is 18.1 Å². The molecule has 0 amide bonds. The van der Waals surface area contributed by atoms with Gasteiger partial charge in [0.2, 0.25) is 0 Å². The van der Waals surface area contributed by atoms with E-state index >= 15 is 0 Å². The predicted octanol–water partition coefficient (Wildman–Crippen LogP) is 1.25. The maximum absolute atomic E-state index is 12.4. The van der Waals surface area contributed by atoms with E-state index in [1.165, 1.54) is 0 Å². The molecule has 0 unspecified atom stereocenters. The first kappa shape index (κ1) is 17.6. The molecular weight excluding hydrogens is 327 g/mol. The topological polar surface area (TPSA) is 65.3 Å². The Balaban J connectivity index is 1.66. The Labute approximate surface area is 138 Å². The Kier molecular flexibility index (Phi) is 5.36. The number of aromatic nitrogens is 4. The Hall–Kier alpha value is -1.26. The molecule has 136 valence electrons. The molecule has 24 heavy (non-hydrogen) atoms. The summed E-state index contributed by atoms with van der Waals surface area (Å²) < 4.78 is 48.4. The molecule has 0 aromatic carbocycles. The molecule has 1 aliphatic heterocycles. The molecule has 1 aliphatic carbocycles. The van der Waals surface area contributed by atoms with Crippen molar-refractivity contribution in [3.63, 3.8) is 0 Å². The average molecular weight is 349 g/mol. The third kappa shape index (κ3) is 4.22. The third-order valence-electron chi connectivity index (χ3n) is 4.74. The number of halogens is 3. The van der Waals surface area contributed by atoms with Crippen molar-refractivity contribution in [2.75, 3.05) is 26.9 Å². The number of methoxy groups -OCH3 is 1. The van der Waals surface area contributed by atoms with Gasteiger partial charge < -0.3 is 9.47 Å². The molecule has 1 saturated carbocycles. The number of rotatable bonds is 5. The molecular formula is C14H22F3N5O2. The molecule has 7 nitrogen and oxygen atoms in total. The lowest BCUT2D eigenvalue weighted by Crippen LogP contribution is -2.51. The van der Waals surface area contributed by atoms with Crippen LogP contribution < -0.4 is 0 Å². The van der Waals surface area contributed by atoms with Gasteiger partial charge in [-0.25, -0.2) is 0 Å². The molecule has 2 fully saturated rings. The summed E-state index contributed by atoms with van der Waals surface area (Å²) in [6.07, 6.45) is -0.932. The summed E-state index contributed by atoms with van der Waals surface area (Å²) in [6.45, 7) is 1.05. The molecule has 1 saturated heterocycles. The highest BCUT2D eigenvalue weighted by molar-refractivity contribution is 4.92. The fourth-order valence-electron chi connectivity index (χ4n) is 3.68. The van der Waals surface area contributed by atoms with Gasteiger partial charge in [-0.1, -0.05) is 6.42 Å². The van der Waals surface area contributed by atoms with E-state index in [0.29, 0.717) is 42.8 Å². The summed E-state index contributed by atoms with van der Waals surface area (Å²) in [5.74, 6) is 0.665. The Morgan fingerprint density at radius 1 is 1.33 bits per heavy atom. The van der Waals surface area contributed by atoms with Crippen LogP contribution in [0.1, 0.15) is 25.1 Å². The van der Waals surface area contributed by atoms with Crippen molar-refractivity contribution in [1.29, 1.82) is 0 Å². The summed E-state index contributed by atoms with van der Waals surface area (Å²) in [5, 5.41) is 11.1. The summed E-state index contributed by atoms with van der Waals surface area (Å²) in [4.78, 5) is 2.78. The zero-order valence-electron chi connectivity index (χ0n) is 13.6. The monoisotopic (exact) mass is 349 g/mol. The van der Waals surface area contributed by atoms with Crippen molar-refractivity contribution in [3.8, 4) is 0 Å². The van der Waals surface area contributed by atoms with Crippen LogP contribution in [0.3, 0.4) is 0 Å². The Morgan fingerprint density at radius 3 is 2.92 bits per heavy atom. The fraction of sp³-hybridized carbons (Fsp3) is 0.929. The van der Waals surface area contributed by atoms with E-state index in [1.54, 1.807) is 7.11 Å². The van der Waals surface area contributed by atoms with Crippen LogP contribution in [0.5, 0.6) is 0 Å². The number of morpholine rings is 1. The molecule has 2 aliphatic rings. The van der Waals surface area contributed by atoms with E-state index in [9.17, 15) is 13.2 Å². The van der Waals surface area contributed by atoms with Gasteiger partial charge in [-0.3, -0.25) is 4.90 Å². The second-order valence-corrected chi connectivity index (χ2v) is 6.33. The summed E-state index contributed by atoms with van der Waals surface area (Å²) in [7, 11) is 1.72. The summed E-state index contributed by atoms with van der Waals surface area (Å²) in [5.41, 5.74) is 0. The fourth-order valence-corrected chi connectivity index (χ4v) is 3.68. The van der Waals surface area contributed by atoms with Crippen molar-refractivity contribution in [1.82, 2.24) is 25.1 Å². The van der Waals surface area contributed by atoms with Crippen LogP contribution in [0, 0.1) is 5.92 Å². The average Bonchev–Trinajstić information content (AvgIpc) is 3.15. The second-order valence-electron chi connectivity index (χ2n) is 6.33. The number of alkyl halides is 3. The van der Waals surface area contributed by atoms with Crippen LogP contribution in [-0.2, 0) is 22.6 Å². The minimum Gasteiger partial charge on any atom is -0.381 e. The van der Waals surface area contributed by atoms with Crippen molar-refractivity contribution in [2.24, 2.45) is 5.92 Å². The lowest BCUT2D eigenvalue weighted by molar-refractivity contribution is -0.145. The van der Waals surface area contributed by atoms with Gasteiger partial charge in [0.25, 0.3) is 0 Å². The lowest BCUT2D eigenvalue weighted by Gasteiger charge is -2.40. The predicted molar refractivity (Wildman–Crippen MR) is 77.0 cm³/mol. The van der Waals surface area contributed by atoms with Gasteiger partial charge in [0.1, 0.15) is 0 Å². The third-order valence-corrected chi connectivity index (χ3v) is 4.74. The standard InChI is InChI=1S/C14H22F3N5O2/c1-23-12-4-2-3-10(12)11-8-24-6-5-21(11)7-13-18-20-22(19-13)9-14(15,16)17/h10-12H,2-9H2,1H3/t10-,11+,12+/m0/s1. The zero-order valence-corrected chi connectivity index (χ0v) is 13.6. The largest absolute Gasteiger partial charge is 0.409 e. The van der Waals surface area contributed by atoms with Crippen LogP contribution >= 0.6 is 0 Å². The summed E-state index contributed by atoms with van der Waals surface area (Å²) >= 11 is 0. The second kappa shape index (κ2) is 7.32. The van der Waals surface area contributed by atoms with Gasteiger partial charge in [0.05, 0.1) is 25.9 Å². The molecule has 1 aromatic heterocycles. The molecule has 1 aromatic rings. The van der Waals surface area contributed by atoms with E-state index in [0.717, 1.165) is 19.3 Å². The van der Waals surface area contributed by atoms with Crippen LogP contribution in [0.4, 0.5) is 13.2 Å². The van der Waals surface area contributed by atoms with Gasteiger partial charge in [0.15, 0.2) is 12.4 Å². The van der Waals surface area contributed by atoms with Crippen molar-refractivity contribution in [3.05, 3.63) is 5.82 Å². The van der Waals surface area contributed by atoms with Crippen molar-refractivity contribution in [2.45, 2.75) is 50.7 Å². The highest BCUT2D eigenvalue weighted by atomic mass is 19.4. The molecule has 3 atom stereocenters. The quantitative estimate of drug-likeness (QED) is 0.797. The first-order valence-electron chi connectivity index (χ1n) is 8.14. The molecule has 0 N–H and O–H groups in total. The summed E-state index contributed by atoms with van der Waals surface area (Å²) in [6, 6.07) is 0.167. The minimum absolute atomic E-state index is 0.167. The molecule has 0 radical (unpaired) electrons. The Bertz CT molecular complexity index is 539. The van der Waals surface area contributed by atoms with Gasteiger partial charge in [0, 0.05) is 25.6 Å². The molecule has 3 rings (SSSR count). The molecule has 0 spiro atoms. The highest BCUT2D eigenvalue weighted by Gasteiger charge is 2.39. The number of tetrazole rings is 1. The van der Waals surface area contributed by atoms with E-state index in [1.807, 2.05) is 0 Å². The molecule has 0 bridgehead atoms. The van der Waals surface area contributed by atoms with Gasteiger partial charge >= 0.3 is 6.18 Å². The van der Waals surface area contributed by atoms with E-state index < -0.39 is 12.7 Å². The maximum atomic E-state index is 12.4. The normalized spacial score (nSPS) is 29.2. The highest BCUT2D eigenvalue weighted by Crippen LogP contribution is 2.34. The maximum Gasteiger partial charge on any atom is 0.409 e. The lowest BCUT2D eigenvalue weighted by atomic mass is 9.94. The Morgan fingerprint density at radius 2 is 2.17 bits per heavy atom. The van der Waals surface area contributed by atoms with E-state index in [-0.39, 0.29) is 12.1 Å². The first-order valence-corrected chi connectivity index (χ1v) is 8.14. The van der Waals surface area contributed by atoms with Crippen LogP contribution in [0.2, 0.25) is 0 Å². The zero-order chi connectivity index (χ0) is 17.2. The van der Waals surface area contributed by atoms with Crippen LogP contribution in [0.15, 0.2) is 0 Å². The number of hydrogen-bond donors (Lipinski definition) is 0. The minimum atomic E-state index is -4.35. The number of hydrogen-bond acceptors (Lipinski definition) is 6. The van der Waals surface area contributed by atoms with Crippen LogP contribution in [-0.4, -0.2) is 70.3 Å².